The van der Waals surface area contributed by atoms with E-state index in [1.807, 2.05) is 0 Å². The summed E-state index contributed by atoms with van der Waals surface area (Å²) in [5, 5.41) is 0. The zero-order valence-corrected chi connectivity index (χ0v) is 10.8. The molecular formula is C10H14Br2. The Morgan fingerprint density at radius 2 is 1.83 bits per heavy atom. The maximum Gasteiger partial charge on any atom is 0.0483 e. The van der Waals surface area contributed by atoms with Crippen LogP contribution in [0, 0.1) is 5.41 Å². The predicted molar refractivity (Wildman–Crippen MR) is 60.1 cm³/mol. The summed E-state index contributed by atoms with van der Waals surface area (Å²) < 4.78 is 0.542. The van der Waals surface area contributed by atoms with Gasteiger partial charge in [-0.1, -0.05) is 57.9 Å². The Balaban J connectivity index is 2.51. The second-order valence-corrected chi connectivity index (χ2v) is 7.75. The van der Waals surface area contributed by atoms with Gasteiger partial charge in [0, 0.05) is 14.1 Å². The first-order chi connectivity index (χ1) is 5.32. The fourth-order valence-corrected chi connectivity index (χ4v) is 5.10. The highest BCUT2D eigenvalue weighted by atomic mass is 79.9. The number of rotatable bonds is 0. The van der Waals surface area contributed by atoms with Gasteiger partial charge >= 0.3 is 0 Å². The van der Waals surface area contributed by atoms with E-state index in [0.717, 1.165) is 0 Å². The second kappa shape index (κ2) is 2.20. The third kappa shape index (κ3) is 0.836. The smallest absolute Gasteiger partial charge is 0.0483 e. The highest BCUT2D eigenvalue weighted by molar-refractivity contribution is 9.10. The van der Waals surface area contributed by atoms with Gasteiger partial charge < -0.3 is 0 Å². The lowest BCUT2D eigenvalue weighted by Crippen LogP contribution is -2.36. The first kappa shape index (κ1) is 9.26. The van der Waals surface area contributed by atoms with Crippen molar-refractivity contribution in [3.63, 3.8) is 0 Å². The SMILES string of the molecule is C=C1C2(Br)CCC(Br)(C2)C1(C)C. The fraction of sp³-hybridized carbons (Fsp3) is 0.800. The van der Waals surface area contributed by atoms with Crippen LogP contribution in [-0.4, -0.2) is 8.65 Å². The first-order valence-electron chi connectivity index (χ1n) is 4.40. The molecule has 0 aromatic heterocycles. The van der Waals surface area contributed by atoms with Crippen LogP contribution in [0.4, 0.5) is 0 Å². The largest absolute Gasteiger partial charge is 0.0979 e. The minimum absolute atomic E-state index is 0.236. The Morgan fingerprint density at radius 1 is 1.25 bits per heavy atom. The van der Waals surface area contributed by atoms with Crippen molar-refractivity contribution in [3.05, 3.63) is 12.2 Å². The van der Waals surface area contributed by atoms with Crippen LogP contribution in [0.25, 0.3) is 0 Å². The van der Waals surface area contributed by atoms with Crippen LogP contribution in [0.2, 0.25) is 0 Å². The number of allylic oxidation sites excluding steroid dienone is 1. The molecule has 2 atom stereocenters. The topological polar surface area (TPSA) is 0 Å². The molecule has 12 heavy (non-hydrogen) atoms. The van der Waals surface area contributed by atoms with E-state index in [0.29, 0.717) is 4.32 Å². The lowest BCUT2D eigenvalue weighted by atomic mass is 9.73. The van der Waals surface area contributed by atoms with Gasteiger partial charge in [-0.25, -0.2) is 0 Å². The van der Waals surface area contributed by atoms with Crippen LogP contribution >= 0.6 is 31.9 Å². The van der Waals surface area contributed by atoms with E-state index in [1.165, 1.54) is 24.8 Å². The molecule has 0 nitrogen and oxygen atoms in total. The molecule has 68 valence electrons. The van der Waals surface area contributed by atoms with Gasteiger partial charge in [0.2, 0.25) is 0 Å². The first-order valence-corrected chi connectivity index (χ1v) is 5.98. The molecule has 2 aliphatic carbocycles. The van der Waals surface area contributed by atoms with E-state index in [-0.39, 0.29) is 9.74 Å². The van der Waals surface area contributed by atoms with Gasteiger partial charge in [-0.2, -0.15) is 0 Å². The molecule has 2 saturated carbocycles. The molecule has 0 radical (unpaired) electrons. The molecule has 2 rings (SSSR count). The molecule has 0 spiro atoms. The minimum atomic E-state index is 0.236. The van der Waals surface area contributed by atoms with Crippen molar-refractivity contribution in [1.82, 2.24) is 0 Å². The van der Waals surface area contributed by atoms with Gasteiger partial charge in [0.05, 0.1) is 0 Å². The molecule has 0 amide bonds. The minimum Gasteiger partial charge on any atom is -0.0979 e. The maximum atomic E-state index is 4.23. The average molecular weight is 294 g/mol. The molecule has 0 aromatic carbocycles. The summed E-state index contributed by atoms with van der Waals surface area (Å²) in [5.41, 5.74) is 1.62. The molecule has 0 N–H and O–H groups in total. The lowest BCUT2D eigenvalue weighted by molar-refractivity contribution is 0.335. The summed E-state index contributed by atoms with van der Waals surface area (Å²) in [6, 6.07) is 0. The molecule has 2 heteroatoms. The van der Waals surface area contributed by atoms with E-state index in [1.54, 1.807) is 0 Å². The summed E-state index contributed by atoms with van der Waals surface area (Å²) in [4.78, 5) is 0. The van der Waals surface area contributed by atoms with E-state index in [4.69, 9.17) is 0 Å². The van der Waals surface area contributed by atoms with Gasteiger partial charge in [0.1, 0.15) is 0 Å². The molecule has 2 unspecified atom stereocenters. The quantitative estimate of drug-likeness (QED) is 0.467. The number of hydrogen-bond donors (Lipinski definition) is 0. The van der Waals surface area contributed by atoms with Crippen LogP contribution < -0.4 is 0 Å². The second-order valence-electron chi connectivity index (χ2n) is 4.71. The molecule has 2 bridgehead atoms. The third-order valence-electron chi connectivity index (χ3n) is 3.89. The van der Waals surface area contributed by atoms with E-state index in [2.05, 4.69) is 52.3 Å². The Bertz CT molecular complexity index is 257. The molecule has 0 saturated heterocycles. The van der Waals surface area contributed by atoms with Crippen LogP contribution in [0.15, 0.2) is 12.2 Å². The molecule has 2 fully saturated rings. The monoisotopic (exact) mass is 292 g/mol. The van der Waals surface area contributed by atoms with Crippen molar-refractivity contribution >= 4 is 31.9 Å². The Morgan fingerprint density at radius 3 is 2.08 bits per heavy atom. The van der Waals surface area contributed by atoms with Crippen molar-refractivity contribution in [2.24, 2.45) is 5.41 Å². The predicted octanol–water partition coefficient (Wildman–Crippen LogP) is 4.03. The summed E-state index contributed by atoms with van der Waals surface area (Å²) in [5.74, 6) is 0. The van der Waals surface area contributed by atoms with Crippen molar-refractivity contribution in [2.45, 2.75) is 41.8 Å². The Kier molecular flexibility index (Phi) is 1.69. The normalized spacial score (nSPS) is 50.2. The Hall–Kier alpha value is 0.700. The number of fused-ring (bicyclic) bond motifs is 2. The van der Waals surface area contributed by atoms with Crippen molar-refractivity contribution in [3.8, 4) is 0 Å². The summed E-state index contributed by atoms with van der Waals surface area (Å²) in [7, 11) is 0. The molecule has 2 aliphatic rings. The van der Waals surface area contributed by atoms with Gasteiger partial charge in [-0.05, 0) is 19.3 Å². The average Bonchev–Trinajstić information content (AvgIpc) is 2.32. The molecule has 0 heterocycles. The Labute approximate surface area is 91.1 Å². The summed E-state index contributed by atoms with van der Waals surface area (Å²) >= 11 is 7.73. The zero-order valence-electron chi connectivity index (χ0n) is 7.58. The standard InChI is InChI=1S/C10H14Br2/c1-7-8(2,3)10(12)5-4-9(7,11)6-10/h1,4-6H2,2-3H3. The van der Waals surface area contributed by atoms with Crippen LogP contribution in [0.5, 0.6) is 0 Å². The van der Waals surface area contributed by atoms with Crippen LogP contribution in [0.3, 0.4) is 0 Å². The number of halogens is 2. The van der Waals surface area contributed by atoms with Crippen molar-refractivity contribution in [1.29, 1.82) is 0 Å². The van der Waals surface area contributed by atoms with Crippen molar-refractivity contribution in [2.75, 3.05) is 0 Å². The van der Waals surface area contributed by atoms with E-state index in [9.17, 15) is 0 Å². The number of alkyl halides is 2. The summed E-state index contributed by atoms with van der Waals surface area (Å²) in [6.07, 6.45) is 3.70. The molecular weight excluding hydrogens is 280 g/mol. The highest BCUT2D eigenvalue weighted by Crippen LogP contribution is 2.69. The van der Waals surface area contributed by atoms with Crippen molar-refractivity contribution < 1.29 is 0 Å². The molecule has 0 aromatic rings. The maximum absolute atomic E-state index is 4.23. The zero-order chi connectivity index (χ0) is 9.20. The van der Waals surface area contributed by atoms with Gasteiger partial charge in [0.15, 0.2) is 0 Å². The van der Waals surface area contributed by atoms with E-state index < -0.39 is 0 Å². The van der Waals surface area contributed by atoms with Gasteiger partial charge in [0.25, 0.3) is 0 Å². The van der Waals surface area contributed by atoms with Crippen LogP contribution in [0.1, 0.15) is 33.1 Å². The summed E-state index contributed by atoms with van der Waals surface area (Å²) in [6.45, 7) is 8.83. The highest BCUT2D eigenvalue weighted by Gasteiger charge is 2.64. The molecule has 0 aliphatic heterocycles. The van der Waals surface area contributed by atoms with E-state index >= 15 is 0 Å². The van der Waals surface area contributed by atoms with Crippen LogP contribution in [-0.2, 0) is 0 Å². The van der Waals surface area contributed by atoms with Gasteiger partial charge in [-0.3, -0.25) is 0 Å². The fourth-order valence-electron chi connectivity index (χ4n) is 2.64. The number of hydrogen-bond acceptors (Lipinski definition) is 0. The third-order valence-corrected chi connectivity index (χ3v) is 6.72. The van der Waals surface area contributed by atoms with Gasteiger partial charge in [-0.15, -0.1) is 0 Å². The lowest BCUT2D eigenvalue weighted by Gasteiger charge is -2.40.